The molecule has 2 aromatic rings. The first kappa shape index (κ1) is 19.5. The van der Waals surface area contributed by atoms with Gasteiger partial charge < -0.3 is 10.2 Å². The molecule has 26 heavy (non-hydrogen) atoms. The molecule has 0 aliphatic carbocycles. The maximum atomic E-state index is 12.9. The van der Waals surface area contributed by atoms with Crippen LogP contribution in [0, 0.1) is 0 Å². The first-order chi connectivity index (χ1) is 12.1. The van der Waals surface area contributed by atoms with E-state index < -0.39 is 17.6 Å². The average molecular weight is 364 g/mol. The summed E-state index contributed by atoms with van der Waals surface area (Å²) in [5, 5.41) is 2.63. The van der Waals surface area contributed by atoms with Crippen LogP contribution in [0.25, 0.3) is 0 Å². The average Bonchev–Trinajstić information content (AvgIpc) is 2.60. The van der Waals surface area contributed by atoms with E-state index in [1.807, 2.05) is 0 Å². The standard InChI is InChI=1S/C19H19F3N2O2/c1-4-12-11-13(19(20,21)22)9-10-14(12)17(25)23-16-8-6-5-7-15(16)18(26)24(2)3/h5-11H,4H2,1-3H3,(H,23,25). The lowest BCUT2D eigenvalue weighted by Gasteiger charge is -2.16. The van der Waals surface area contributed by atoms with Gasteiger partial charge in [0.05, 0.1) is 16.8 Å². The molecule has 1 N–H and O–H groups in total. The number of rotatable bonds is 4. The summed E-state index contributed by atoms with van der Waals surface area (Å²) < 4.78 is 38.6. The monoisotopic (exact) mass is 364 g/mol. The number of carbonyl (C=O) groups is 2. The third-order valence-corrected chi connectivity index (χ3v) is 3.87. The minimum atomic E-state index is -4.47. The Morgan fingerprint density at radius 3 is 2.27 bits per heavy atom. The van der Waals surface area contributed by atoms with Gasteiger partial charge in [0.25, 0.3) is 11.8 Å². The van der Waals surface area contributed by atoms with Crippen LogP contribution in [-0.2, 0) is 12.6 Å². The van der Waals surface area contributed by atoms with Crippen molar-refractivity contribution in [2.45, 2.75) is 19.5 Å². The Labute approximate surface area is 149 Å². The lowest BCUT2D eigenvalue weighted by molar-refractivity contribution is -0.137. The van der Waals surface area contributed by atoms with Gasteiger partial charge in [-0.3, -0.25) is 9.59 Å². The fourth-order valence-electron chi connectivity index (χ4n) is 2.49. The molecule has 0 aliphatic rings. The van der Waals surface area contributed by atoms with Crippen LogP contribution in [0.5, 0.6) is 0 Å². The number of nitrogens with zero attached hydrogens (tertiary/aromatic N) is 1. The molecule has 2 rings (SSSR count). The maximum Gasteiger partial charge on any atom is 0.416 e. The van der Waals surface area contributed by atoms with Crippen LogP contribution in [0.3, 0.4) is 0 Å². The summed E-state index contributed by atoms with van der Waals surface area (Å²) in [7, 11) is 3.18. The summed E-state index contributed by atoms with van der Waals surface area (Å²) in [5.41, 5.74) is 0.240. The number of aryl methyl sites for hydroxylation is 1. The molecule has 0 saturated carbocycles. The van der Waals surface area contributed by atoms with Crippen molar-refractivity contribution in [3.8, 4) is 0 Å². The van der Waals surface area contributed by atoms with Gasteiger partial charge in [0, 0.05) is 19.7 Å². The zero-order chi connectivity index (χ0) is 19.5. The van der Waals surface area contributed by atoms with Gasteiger partial charge in [-0.25, -0.2) is 0 Å². The molecule has 0 atom stereocenters. The van der Waals surface area contributed by atoms with Gasteiger partial charge in [-0.15, -0.1) is 0 Å². The van der Waals surface area contributed by atoms with E-state index in [4.69, 9.17) is 0 Å². The largest absolute Gasteiger partial charge is 0.416 e. The smallest absolute Gasteiger partial charge is 0.345 e. The Kier molecular flexibility index (Phi) is 5.69. The van der Waals surface area contributed by atoms with Crippen LogP contribution in [0.1, 0.15) is 38.8 Å². The lowest BCUT2D eigenvalue weighted by Crippen LogP contribution is -2.24. The molecule has 0 unspecified atom stereocenters. The number of benzene rings is 2. The summed E-state index contributed by atoms with van der Waals surface area (Å²) >= 11 is 0. The number of alkyl halides is 3. The minimum Gasteiger partial charge on any atom is -0.345 e. The number of carbonyl (C=O) groups excluding carboxylic acids is 2. The number of hydrogen-bond acceptors (Lipinski definition) is 2. The fourth-order valence-corrected chi connectivity index (χ4v) is 2.49. The van der Waals surface area contributed by atoms with Gasteiger partial charge in [0.15, 0.2) is 0 Å². The molecule has 0 bridgehead atoms. The second-order valence-corrected chi connectivity index (χ2v) is 5.92. The van der Waals surface area contributed by atoms with Crippen molar-refractivity contribution in [2.24, 2.45) is 0 Å². The highest BCUT2D eigenvalue weighted by Crippen LogP contribution is 2.31. The quantitative estimate of drug-likeness (QED) is 0.883. The van der Waals surface area contributed by atoms with E-state index in [2.05, 4.69) is 5.32 Å². The third kappa shape index (κ3) is 4.22. The molecule has 138 valence electrons. The van der Waals surface area contributed by atoms with E-state index in [0.717, 1.165) is 18.2 Å². The number of halogens is 3. The molecule has 0 spiro atoms. The van der Waals surface area contributed by atoms with Gasteiger partial charge in [-0.05, 0) is 42.3 Å². The van der Waals surface area contributed by atoms with E-state index in [1.54, 1.807) is 45.3 Å². The first-order valence-corrected chi connectivity index (χ1v) is 7.97. The number of hydrogen-bond donors (Lipinski definition) is 1. The SMILES string of the molecule is CCc1cc(C(F)(F)F)ccc1C(=O)Nc1ccccc1C(=O)N(C)C. The van der Waals surface area contributed by atoms with Crippen LogP contribution in [0.4, 0.5) is 18.9 Å². The van der Waals surface area contributed by atoms with Crippen LogP contribution >= 0.6 is 0 Å². The van der Waals surface area contributed by atoms with Crippen molar-refractivity contribution in [2.75, 3.05) is 19.4 Å². The van der Waals surface area contributed by atoms with Crippen molar-refractivity contribution in [3.63, 3.8) is 0 Å². The number of amides is 2. The van der Waals surface area contributed by atoms with Gasteiger partial charge >= 0.3 is 6.18 Å². The van der Waals surface area contributed by atoms with Gasteiger partial charge in [0.2, 0.25) is 0 Å². The molecule has 0 aromatic heterocycles. The molecule has 0 aliphatic heterocycles. The molecule has 0 radical (unpaired) electrons. The summed E-state index contributed by atoms with van der Waals surface area (Å²) in [4.78, 5) is 26.2. The molecule has 4 nitrogen and oxygen atoms in total. The summed E-state index contributed by atoms with van der Waals surface area (Å²) in [6, 6.07) is 9.50. The molecular weight excluding hydrogens is 345 g/mol. The highest BCUT2D eigenvalue weighted by atomic mass is 19.4. The fraction of sp³-hybridized carbons (Fsp3) is 0.263. The Bertz CT molecular complexity index is 830. The second kappa shape index (κ2) is 7.59. The summed E-state index contributed by atoms with van der Waals surface area (Å²) in [6.07, 6.45) is -4.20. The van der Waals surface area contributed by atoms with Gasteiger partial charge in [0.1, 0.15) is 0 Å². The minimum absolute atomic E-state index is 0.146. The van der Waals surface area contributed by atoms with E-state index in [1.165, 1.54) is 4.90 Å². The number of nitrogens with one attached hydrogen (secondary N) is 1. The molecule has 7 heteroatoms. The topological polar surface area (TPSA) is 49.4 Å². The maximum absolute atomic E-state index is 12.9. The lowest BCUT2D eigenvalue weighted by atomic mass is 10.0. The zero-order valence-corrected chi connectivity index (χ0v) is 14.6. The molecular formula is C19H19F3N2O2. The Balaban J connectivity index is 2.36. The van der Waals surface area contributed by atoms with E-state index in [9.17, 15) is 22.8 Å². The molecule has 2 amide bonds. The molecule has 0 saturated heterocycles. The van der Waals surface area contributed by atoms with Crippen LogP contribution in [0.15, 0.2) is 42.5 Å². The Morgan fingerprint density at radius 2 is 1.69 bits per heavy atom. The van der Waals surface area contributed by atoms with Crippen molar-refractivity contribution in [3.05, 3.63) is 64.7 Å². The van der Waals surface area contributed by atoms with Crippen molar-refractivity contribution < 1.29 is 22.8 Å². The predicted molar refractivity (Wildman–Crippen MR) is 93.2 cm³/mol. The Morgan fingerprint density at radius 1 is 1.04 bits per heavy atom. The van der Waals surface area contributed by atoms with Crippen molar-refractivity contribution in [1.29, 1.82) is 0 Å². The van der Waals surface area contributed by atoms with Crippen LogP contribution in [-0.4, -0.2) is 30.8 Å². The Hall–Kier alpha value is -2.83. The predicted octanol–water partition coefficient (Wildman–Crippen LogP) is 4.22. The van der Waals surface area contributed by atoms with Crippen LogP contribution in [0.2, 0.25) is 0 Å². The third-order valence-electron chi connectivity index (χ3n) is 3.87. The van der Waals surface area contributed by atoms with E-state index in [-0.39, 0.29) is 23.5 Å². The highest BCUT2D eigenvalue weighted by Gasteiger charge is 2.31. The molecule has 0 fully saturated rings. The first-order valence-electron chi connectivity index (χ1n) is 7.97. The van der Waals surface area contributed by atoms with E-state index in [0.29, 0.717) is 11.3 Å². The van der Waals surface area contributed by atoms with Crippen LogP contribution < -0.4 is 5.32 Å². The summed E-state index contributed by atoms with van der Waals surface area (Å²) in [5.74, 6) is -0.849. The molecule has 0 heterocycles. The van der Waals surface area contributed by atoms with Gasteiger partial charge in [-0.2, -0.15) is 13.2 Å². The normalized spacial score (nSPS) is 11.2. The van der Waals surface area contributed by atoms with Crippen molar-refractivity contribution in [1.82, 2.24) is 4.90 Å². The second-order valence-electron chi connectivity index (χ2n) is 5.92. The van der Waals surface area contributed by atoms with Crippen molar-refractivity contribution >= 4 is 17.5 Å². The number of para-hydroxylation sites is 1. The van der Waals surface area contributed by atoms with Gasteiger partial charge in [-0.1, -0.05) is 19.1 Å². The number of anilines is 1. The molecule has 2 aromatic carbocycles. The highest BCUT2D eigenvalue weighted by molar-refractivity contribution is 6.09. The summed E-state index contributed by atoms with van der Waals surface area (Å²) in [6.45, 7) is 1.68. The zero-order valence-electron chi connectivity index (χ0n) is 14.6. The van der Waals surface area contributed by atoms with E-state index >= 15 is 0 Å².